The summed E-state index contributed by atoms with van der Waals surface area (Å²) in [5, 5.41) is 0. The van der Waals surface area contributed by atoms with E-state index in [0.29, 0.717) is 0 Å². The van der Waals surface area contributed by atoms with E-state index in [9.17, 15) is 4.79 Å². The van der Waals surface area contributed by atoms with Crippen LogP contribution in [-0.4, -0.2) is 5.91 Å². The van der Waals surface area contributed by atoms with Crippen molar-refractivity contribution in [3.63, 3.8) is 0 Å². The SMILES string of the molecule is CC(C)(C)C(C)(C)C(C)(C(N)=O)C(C)(C)C. The third kappa shape index (κ3) is 1.99. The van der Waals surface area contributed by atoms with E-state index in [1.165, 1.54) is 0 Å². The third-order valence-electron chi connectivity index (χ3n) is 5.12. The first kappa shape index (κ1) is 15.5. The monoisotopic (exact) mass is 227 g/mol. The van der Waals surface area contributed by atoms with Crippen LogP contribution in [0.1, 0.15) is 62.3 Å². The summed E-state index contributed by atoms with van der Waals surface area (Å²) in [6.45, 7) is 19.0. The van der Waals surface area contributed by atoms with Crippen molar-refractivity contribution >= 4 is 5.91 Å². The van der Waals surface area contributed by atoms with Crippen molar-refractivity contribution in [3.05, 3.63) is 0 Å². The van der Waals surface area contributed by atoms with Gasteiger partial charge in [0.05, 0.1) is 5.41 Å². The Hall–Kier alpha value is -0.530. The molecular weight excluding hydrogens is 198 g/mol. The highest BCUT2D eigenvalue weighted by Crippen LogP contribution is 2.58. The fourth-order valence-electron chi connectivity index (χ4n) is 2.37. The molecule has 0 spiro atoms. The van der Waals surface area contributed by atoms with Crippen molar-refractivity contribution in [1.29, 1.82) is 0 Å². The Bertz CT molecular complexity index is 278. The zero-order valence-corrected chi connectivity index (χ0v) is 12.5. The van der Waals surface area contributed by atoms with Crippen molar-refractivity contribution in [1.82, 2.24) is 0 Å². The Balaban J connectivity index is 5.85. The van der Waals surface area contributed by atoms with Crippen LogP contribution in [-0.2, 0) is 4.79 Å². The van der Waals surface area contributed by atoms with Crippen molar-refractivity contribution < 1.29 is 4.79 Å². The number of hydrogen-bond donors (Lipinski definition) is 1. The normalized spacial score (nSPS) is 18.1. The topological polar surface area (TPSA) is 43.1 Å². The molecule has 0 aromatic heterocycles. The number of primary amides is 1. The number of carbonyl (C=O) groups excluding carboxylic acids is 1. The molecule has 2 nitrogen and oxygen atoms in total. The summed E-state index contributed by atoms with van der Waals surface area (Å²) in [7, 11) is 0. The van der Waals surface area contributed by atoms with Gasteiger partial charge in [0.2, 0.25) is 5.91 Å². The van der Waals surface area contributed by atoms with E-state index >= 15 is 0 Å². The fourth-order valence-corrected chi connectivity index (χ4v) is 2.37. The Kier molecular flexibility index (Phi) is 3.62. The highest BCUT2D eigenvalue weighted by molar-refractivity contribution is 5.82. The smallest absolute Gasteiger partial charge is 0.224 e. The van der Waals surface area contributed by atoms with Gasteiger partial charge < -0.3 is 5.73 Å². The number of amides is 1. The van der Waals surface area contributed by atoms with Crippen LogP contribution >= 0.6 is 0 Å². The molecule has 2 N–H and O–H groups in total. The molecular formula is C14H29NO. The molecule has 0 heterocycles. The molecule has 0 rings (SSSR count). The Morgan fingerprint density at radius 1 is 0.750 bits per heavy atom. The molecule has 2 heteroatoms. The molecule has 0 aliphatic carbocycles. The van der Waals surface area contributed by atoms with Crippen LogP contribution in [0.25, 0.3) is 0 Å². The molecule has 0 aromatic rings. The predicted octanol–water partition coefficient (Wildman–Crippen LogP) is 3.60. The van der Waals surface area contributed by atoms with Gasteiger partial charge in [0.25, 0.3) is 0 Å². The van der Waals surface area contributed by atoms with Crippen LogP contribution in [0.5, 0.6) is 0 Å². The number of nitrogens with two attached hydrogens (primary N) is 1. The molecule has 0 aliphatic heterocycles. The van der Waals surface area contributed by atoms with Crippen LogP contribution in [0.4, 0.5) is 0 Å². The second-order valence-electron chi connectivity index (χ2n) is 7.61. The highest BCUT2D eigenvalue weighted by atomic mass is 16.1. The molecule has 0 saturated heterocycles. The Labute approximate surface area is 101 Å². The number of hydrogen-bond acceptors (Lipinski definition) is 1. The van der Waals surface area contributed by atoms with Crippen molar-refractivity contribution in [2.45, 2.75) is 62.3 Å². The third-order valence-corrected chi connectivity index (χ3v) is 5.12. The summed E-state index contributed by atoms with van der Waals surface area (Å²) in [5.41, 5.74) is 4.84. The van der Waals surface area contributed by atoms with E-state index in [1.807, 2.05) is 6.92 Å². The Morgan fingerprint density at radius 3 is 1.12 bits per heavy atom. The molecule has 16 heavy (non-hydrogen) atoms. The summed E-state index contributed by atoms with van der Waals surface area (Å²) >= 11 is 0. The second-order valence-corrected chi connectivity index (χ2v) is 7.61. The van der Waals surface area contributed by atoms with Gasteiger partial charge in [-0.1, -0.05) is 55.4 Å². The van der Waals surface area contributed by atoms with Crippen LogP contribution in [0.3, 0.4) is 0 Å². The van der Waals surface area contributed by atoms with E-state index in [1.54, 1.807) is 0 Å². The van der Waals surface area contributed by atoms with E-state index in [0.717, 1.165) is 0 Å². The first-order chi connectivity index (χ1) is 6.69. The summed E-state index contributed by atoms with van der Waals surface area (Å²) in [5.74, 6) is -0.208. The minimum absolute atomic E-state index is 0.0179. The fraction of sp³-hybridized carbons (Fsp3) is 0.929. The molecule has 96 valence electrons. The lowest BCUT2D eigenvalue weighted by Crippen LogP contribution is -2.58. The largest absolute Gasteiger partial charge is 0.369 e. The summed E-state index contributed by atoms with van der Waals surface area (Å²) in [4.78, 5) is 12.0. The maximum absolute atomic E-state index is 12.0. The average molecular weight is 227 g/mol. The molecule has 1 unspecified atom stereocenters. The molecule has 0 radical (unpaired) electrons. The summed E-state index contributed by atoms with van der Waals surface area (Å²) in [6.07, 6.45) is 0. The molecule has 0 aliphatic rings. The standard InChI is InChI=1S/C14H29NO/c1-11(2,3)13(7,8)14(9,10(15)16)12(4,5)6/h1-9H3,(H2,15,16). The van der Waals surface area contributed by atoms with Gasteiger partial charge in [-0.3, -0.25) is 4.79 Å². The van der Waals surface area contributed by atoms with E-state index in [4.69, 9.17) is 5.73 Å². The first-order valence-corrected chi connectivity index (χ1v) is 5.99. The predicted molar refractivity (Wildman–Crippen MR) is 70.0 cm³/mol. The van der Waals surface area contributed by atoms with Gasteiger partial charge in [0.15, 0.2) is 0 Å². The minimum atomic E-state index is -0.543. The molecule has 1 atom stereocenters. The van der Waals surface area contributed by atoms with Gasteiger partial charge in [-0.25, -0.2) is 0 Å². The van der Waals surface area contributed by atoms with Gasteiger partial charge >= 0.3 is 0 Å². The molecule has 0 bridgehead atoms. The van der Waals surface area contributed by atoms with Crippen molar-refractivity contribution in [2.24, 2.45) is 27.4 Å². The van der Waals surface area contributed by atoms with Crippen molar-refractivity contribution in [3.8, 4) is 0 Å². The van der Waals surface area contributed by atoms with Crippen molar-refractivity contribution in [2.75, 3.05) is 0 Å². The van der Waals surface area contributed by atoms with E-state index < -0.39 is 5.41 Å². The van der Waals surface area contributed by atoms with E-state index in [2.05, 4.69) is 55.4 Å². The minimum Gasteiger partial charge on any atom is -0.369 e. The quantitative estimate of drug-likeness (QED) is 0.769. The lowest BCUT2D eigenvalue weighted by atomic mass is 9.47. The summed E-state index contributed by atoms with van der Waals surface area (Å²) in [6, 6.07) is 0. The highest BCUT2D eigenvalue weighted by Gasteiger charge is 2.57. The molecule has 0 fully saturated rings. The maximum Gasteiger partial charge on any atom is 0.224 e. The van der Waals surface area contributed by atoms with Gasteiger partial charge in [-0.15, -0.1) is 0 Å². The lowest BCUT2D eigenvalue weighted by molar-refractivity contribution is -0.154. The lowest BCUT2D eigenvalue weighted by Gasteiger charge is -2.56. The van der Waals surface area contributed by atoms with Crippen LogP contribution in [0.15, 0.2) is 0 Å². The maximum atomic E-state index is 12.0. The number of rotatable bonds is 2. The molecule has 0 saturated carbocycles. The zero-order chi connectivity index (χ0) is 13.6. The van der Waals surface area contributed by atoms with Gasteiger partial charge in [0, 0.05) is 0 Å². The average Bonchev–Trinajstić information content (AvgIpc) is 1.97. The van der Waals surface area contributed by atoms with Gasteiger partial charge in [0.1, 0.15) is 0 Å². The molecule has 1 amide bonds. The summed E-state index contributed by atoms with van der Waals surface area (Å²) < 4.78 is 0. The zero-order valence-electron chi connectivity index (χ0n) is 12.5. The second kappa shape index (κ2) is 3.75. The Morgan fingerprint density at radius 2 is 1.06 bits per heavy atom. The van der Waals surface area contributed by atoms with E-state index in [-0.39, 0.29) is 22.2 Å². The molecule has 0 aromatic carbocycles. The van der Waals surface area contributed by atoms with Crippen LogP contribution in [0.2, 0.25) is 0 Å². The van der Waals surface area contributed by atoms with Crippen LogP contribution in [0, 0.1) is 21.7 Å². The number of carbonyl (C=O) groups is 1. The van der Waals surface area contributed by atoms with Gasteiger partial charge in [-0.2, -0.15) is 0 Å². The van der Waals surface area contributed by atoms with Crippen LogP contribution < -0.4 is 5.73 Å². The van der Waals surface area contributed by atoms with Gasteiger partial charge in [-0.05, 0) is 23.2 Å². The first-order valence-electron chi connectivity index (χ1n) is 5.99.